The number of carbonyl (C=O) groups excluding carboxylic acids is 1. The van der Waals surface area contributed by atoms with Crippen LogP contribution in [0.3, 0.4) is 0 Å². The molecule has 1 N–H and O–H groups in total. The van der Waals surface area contributed by atoms with Gasteiger partial charge in [0.15, 0.2) is 0 Å². The second-order valence-electron chi connectivity index (χ2n) is 6.04. The van der Waals surface area contributed by atoms with Gasteiger partial charge in [-0.15, -0.1) is 24.8 Å². The van der Waals surface area contributed by atoms with E-state index in [4.69, 9.17) is 11.6 Å². The average molecular weight is 418 g/mol. The van der Waals surface area contributed by atoms with Gasteiger partial charge in [-0.05, 0) is 23.8 Å². The van der Waals surface area contributed by atoms with Crippen LogP contribution in [0.1, 0.15) is 22.0 Å². The lowest BCUT2D eigenvalue weighted by Crippen LogP contribution is -2.48. The molecule has 1 aliphatic rings. The Kier molecular flexibility index (Phi) is 8.63. The molecule has 26 heavy (non-hydrogen) atoms. The normalized spacial score (nSPS) is 16.3. The third kappa shape index (κ3) is 4.80. The second kappa shape index (κ2) is 9.97. The van der Waals surface area contributed by atoms with Gasteiger partial charge in [-0.25, -0.2) is 4.98 Å². The van der Waals surface area contributed by atoms with E-state index >= 15 is 0 Å². The molecule has 0 bridgehead atoms. The van der Waals surface area contributed by atoms with E-state index in [2.05, 4.69) is 10.3 Å². The molecule has 2 heterocycles. The molecule has 1 fully saturated rings. The molecule has 3 rings (SSSR count). The van der Waals surface area contributed by atoms with Crippen LogP contribution in [0.25, 0.3) is 0 Å². The number of piperazine rings is 1. The van der Waals surface area contributed by atoms with Crippen molar-refractivity contribution in [3.8, 4) is 0 Å². The van der Waals surface area contributed by atoms with Crippen LogP contribution in [0.15, 0.2) is 42.6 Å². The summed E-state index contributed by atoms with van der Waals surface area (Å²) in [6.45, 7) is 2.12. The van der Waals surface area contributed by atoms with E-state index in [1.54, 1.807) is 12.3 Å². The van der Waals surface area contributed by atoms with Gasteiger partial charge in [-0.3, -0.25) is 4.79 Å². The number of anilines is 1. The molecule has 1 atom stereocenters. The minimum absolute atomic E-state index is 0. The molecule has 1 unspecified atom stereocenters. The SMILES string of the molecule is CN(C)c1cc(C(=O)N2CCNCC2c2ccccc2Cl)ccn1.Cl.Cl. The van der Waals surface area contributed by atoms with E-state index in [1.807, 2.05) is 54.2 Å². The van der Waals surface area contributed by atoms with Gasteiger partial charge in [0.25, 0.3) is 5.91 Å². The summed E-state index contributed by atoms with van der Waals surface area (Å²) in [6, 6.07) is 11.2. The maximum Gasteiger partial charge on any atom is 0.254 e. The number of pyridine rings is 1. The molecule has 142 valence electrons. The molecule has 1 aromatic carbocycles. The number of rotatable bonds is 3. The molecule has 1 aliphatic heterocycles. The fraction of sp³-hybridized carbons (Fsp3) is 0.333. The van der Waals surface area contributed by atoms with Gasteiger partial charge in [0.2, 0.25) is 0 Å². The van der Waals surface area contributed by atoms with Gasteiger partial charge >= 0.3 is 0 Å². The minimum atomic E-state index is -0.0732. The van der Waals surface area contributed by atoms with Crippen LogP contribution in [0.4, 0.5) is 5.82 Å². The Labute approximate surface area is 171 Å². The zero-order valence-corrected chi connectivity index (χ0v) is 17.1. The lowest BCUT2D eigenvalue weighted by Gasteiger charge is -2.37. The van der Waals surface area contributed by atoms with Crippen molar-refractivity contribution < 1.29 is 4.79 Å². The summed E-state index contributed by atoms with van der Waals surface area (Å²) in [5, 5.41) is 4.04. The van der Waals surface area contributed by atoms with Gasteiger partial charge in [-0.2, -0.15) is 0 Å². The van der Waals surface area contributed by atoms with Crippen LogP contribution < -0.4 is 10.2 Å². The molecule has 8 heteroatoms. The number of carbonyl (C=O) groups is 1. The first-order valence-electron chi connectivity index (χ1n) is 7.97. The van der Waals surface area contributed by atoms with Crippen LogP contribution in [0, 0.1) is 0 Å². The molecule has 0 radical (unpaired) electrons. The van der Waals surface area contributed by atoms with Gasteiger partial charge in [0.1, 0.15) is 5.82 Å². The standard InChI is InChI=1S/C18H21ClN4O.2ClH/c1-22(2)17-11-13(7-8-21-17)18(24)23-10-9-20-12-16(23)14-5-3-4-6-15(14)19;;/h3-8,11,16,20H,9-10,12H2,1-2H3;2*1H. The summed E-state index contributed by atoms with van der Waals surface area (Å²) in [5.74, 6) is 0.775. The van der Waals surface area contributed by atoms with Crippen LogP contribution in [-0.2, 0) is 0 Å². The first kappa shape index (κ1) is 22.5. The first-order valence-corrected chi connectivity index (χ1v) is 8.35. The molecule has 1 saturated heterocycles. The molecular formula is C18H23Cl3N4O. The number of benzene rings is 1. The Morgan fingerprint density at radius 1 is 1.27 bits per heavy atom. The van der Waals surface area contributed by atoms with Crippen LogP contribution >= 0.6 is 36.4 Å². The number of nitrogens with one attached hydrogen (secondary N) is 1. The Morgan fingerprint density at radius 3 is 2.69 bits per heavy atom. The quantitative estimate of drug-likeness (QED) is 0.831. The maximum atomic E-state index is 13.1. The van der Waals surface area contributed by atoms with E-state index in [0.29, 0.717) is 23.7 Å². The maximum absolute atomic E-state index is 13.1. The van der Waals surface area contributed by atoms with Gasteiger partial charge in [0, 0.05) is 50.5 Å². The molecule has 0 aliphatic carbocycles. The van der Waals surface area contributed by atoms with Gasteiger partial charge in [-0.1, -0.05) is 29.8 Å². The van der Waals surface area contributed by atoms with Crippen LogP contribution in [0.5, 0.6) is 0 Å². The topological polar surface area (TPSA) is 48.5 Å². The largest absolute Gasteiger partial charge is 0.363 e. The lowest BCUT2D eigenvalue weighted by atomic mass is 10.0. The van der Waals surface area contributed by atoms with E-state index in [9.17, 15) is 4.79 Å². The Hall–Kier alpha value is -1.53. The van der Waals surface area contributed by atoms with Gasteiger partial charge < -0.3 is 15.1 Å². The summed E-state index contributed by atoms with van der Waals surface area (Å²) in [5.41, 5.74) is 1.62. The number of amides is 1. The fourth-order valence-corrected chi connectivity index (χ4v) is 3.19. The number of nitrogens with zero attached hydrogens (tertiary/aromatic N) is 3. The molecule has 5 nitrogen and oxygen atoms in total. The number of aromatic nitrogens is 1. The summed E-state index contributed by atoms with van der Waals surface area (Å²) >= 11 is 6.36. The highest BCUT2D eigenvalue weighted by molar-refractivity contribution is 6.31. The molecule has 2 aromatic rings. The predicted molar refractivity (Wildman–Crippen MR) is 111 cm³/mol. The number of hydrogen-bond donors (Lipinski definition) is 1. The summed E-state index contributed by atoms with van der Waals surface area (Å²) in [6.07, 6.45) is 1.68. The van der Waals surface area contributed by atoms with Crippen molar-refractivity contribution in [3.05, 3.63) is 58.7 Å². The van der Waals surface area contributed by atoms with Crippen molar-refractivity contribution in [3.63, 3.8) is 0 Å². The van der Waals surface area contributed by atoms with E-state index in [1.165, 1.54) is 0 Å². The smallest absolute Gasteiger partial charge is 0.254 e. The fourth-order valence-electron chi connectivity index (χ4n) is 2.93. The monoisotopic (exact) mass is 416 g/mol. The highest BCUT2D eigenvalue weighted by Crippen LogP contribution is 2.29. The Bertz CT molecular complexity index is 742. The summed E-state index contributed by atoms with van der Waals surface area (Å²) < 4.78 is 0. The van der Waals surface area contributed by atoms with Crippen molar-refractivity contribution in [2.45, 2.75) is 6.04 Å². The zero-order chi connectivity index (χ0) is 17.1. The minimum Gasteiger partial charge on any atom is -0.363 e. The van der Waals surface area contributed by atoms with Gasteiger partial charge in [0.05, 0.1) is 6.04 Å². The van der Waals surface area contributed by atoms with Crippen molar-refractivity contribution >= 4 is 48.1 Å². The third-order valence-corrected chi connectivity index (χ3v) is 4.56. The van der Waals surface area contributed by atoms with E-state index in [0.717, 1.165) is 17.9 Å². The second-order valence-corrected chi connectivity index (χ2v) is 6.44. The third-order valence-electron chi connectivity index (χ3n) is 4.22. The van der Waals surface area contributed by atoms with Crippen molar-refractivity contribution in [1.82, 2.24) is 15.2 Å². The average Bonchev–Trinajstić information content (AvgIpc) is 2.61. The zero-order valence-electron chi connectivity index (χ0n) is 14.7. The molecule has 0 saturated carbocycles. The highest BCUT2D eigenvalue weighted by Gasteiger charge is 2.30. The number of hydrogen-bond acceptors (Lipinski definition) is 4. The van der Waals surface area contributed by atoms with E-state index in [-0.39, 0.29) is 36.8 Å². The highest BCUT2D eigenvalue weighted by atomic mass is 35.5. The van der Waals surface area contributed by atoms with Crippen LogP contribution in [-0.4, -0.2) is 49.5 Å². The molecule has 0 spiro atoms. The van der Waals surface area contributed by atoms with E-state index < -0.39 is 0 Å². The van der Waals surface area contributed by atoms with Crippen LogP contribution in [0.2, 0.25) is 5.02 Å². The summed E-state index contributed by atoms with van der Waals surface area (Å²) in [4.78, 5) is 21.1. The number of halogens is 3. The Morgan fingerprint density at radius 2 is 2.00 bits per heavy atom. The molecular weight excluding hydrogens is 395 g/mol. The first-order chi connectivity index (χ1) is 11.6. The Balaban J connectivity index is 0.00000169. The molecule has 1 amide bonds. The van der Waals surface area contributed by atoms with Crippen molar-refractivity contribution in [1.29, 1.82) is 0 Å². The lowest BCUT2D eigenvalue weighted by molar-refractivity contribution is 0.0634. The van der Waals surface area contributed by atoms with Crippen molar-refractivity contribution in [2.75, 3.05) is 38.6 Å². The molecule has 1 aromatic heterocycles. The summed E-state index contributed by atoms with van der Waals surface area (Å²) in [7, 11) is 3.82. The predicted octanol–water partition coefficient (Wildman–Crippen LogP) is 3.43. The van der Waals surface area contributed by atoms with Crippen molar-refractivity contribution in [2.24, 2.45) is 0 Å².